The topological polar surface area (TPSA) is 60.3 Å². The van der Waals surface area contributed by atoms with Gasteiger partial charge in [0.25, 0.3) is 5.91 Å². The summed E-state index contributed by atoms with van der Waals surface area (Å²) in [6, 6.07) is 7.57. The van der Waals surface area contributed by atoms with E-state index in [0.29, 0.717) is 12.3 Å². The second kappa shape index (κ2) is 6.88. The fraction of sp³-hybridized carbons (Fsp3) is 0.357. The molecule has 1 aromatic carbocycles. The lowest BCUT2D eigenvalue weighted by Crippen LogP contribution is -2.31. The van der Waals surface area contributed by atoms with Gasteiger partial charge in [-0.05, 0) is 53.8 Å². The van der Waals surface area contributed by atoms with Crippen LogP contribution in [0.2, 0.25) is 0 Å². The van der Waals surface area contributed by atoms with Gasteiger partial charge in [0.15, 0.2) is 12.4 Å². The Labute approximate surface area is 137 Å². The van der Waals surface area contributed by atoms with Crippen molar-refractivity contribution in [3.63, 3.8) is 0 Å². The molecule has 0 N–H and O–H groups in total. The minimum Gasteiger partial charge on any atom is -0.484 e. The van der Waals surface area contributed by atoms with Crippen LogP contribution in [0.15, 0.2) is 24.3 Å². The van der Waals surface area contributed by atoms with Gasteiger partial charge in [0.1, 0.15) is 11.6 Å². The summed E-state index contributed by atoms with van der Waals surface area (Å²) in [5.41, 5.74) is 0. The summed E-state index contributed by atoms with van der Waals surface area (Å²) in [7, 11) is 3.61. The van der Waals surface area contributed by atoms with Crippen LogP contribution in [0.5, 0.6) is 5.75 Å². The molecule has 2 aromatic rings. The molecule has 0 saturated heterocycles. The van der Waals surface area contributed by atoms with Crippen molar-refractivity contribution in [1.29, 1.82) is 0 Å². The number of aryl methyl sites for hydroxylation is 1. The average molecular weight is 400 g/mol. The summed E-state index contributed by atoms with van der Waals surface area (Å²) < 4.78 is 8.47. The van der Waals surface area contributed by atoms with Crippen LogP contribution >= 0.6 is 22.6 Å². The average Bonchev–Trinajstić information content (AvgIpc) is 2.78. The van der Waals surface area contributed by atoms with E-state index in [1.165, 1.54) is 0 Å². The van der Waals surface area contributed by atoms with Crippen molar-refractivity contribution >= 4 is 28.5 Å². The highest BCUT2D eigenvalue weighted by Gasteiger charge is 2.14. The Bertz CT molecular complexity index is 624. The molecule has 21 heavy (non-hydrogen) atoms. The maximum atomic E-state index is 12.0. The molecule has 1 heterocycles. The second-order valence-corrected chi connectivity index (χ2v) is 5.96. The zero-order chi connectivity index (χ0) is 15.4. The lowest BCUT2D eigenvalue weighted by molar-refractivity contribution is -0.132. The first-order valence-electron chi connectivity index (χ1n) is 6.44. The number of nitrogens with zero attached hydrogens (tertiary/aromatic N) is 4. The summed E-state index contributed by atoms with van der Waals surface area (Å²) in [4.78, 5) is 13.6. The number of likely N-dealkylation sites (N-methyl/N-ethyl adjacent to an activating group) is 1. The number of hydrogen-bond acceptors (Lipinski definition) is 4. The highest BCUT2D eigenvalue weighted by molar-refractivity contribution is 14.1. The molecule has 1 aromatic heterocycles. The number of rotatable bonds is 5. The molecule has 0 aliphatic heterocycles. The van der Waals surface area contributed by atoms with Gasteiger partial charge < -0.3 is 14.2 Å². The third kappa shape index (κ3) is 4.16. The number of carbonyl (C=O) groups excluding carboxylic acids is 1. The van der Waals surface area contributed by atoms with Crippen molar-refractivity contribution in [2.45, 2.75) is 13.5 Å². The molecule has 2 rings (SSSR count). The number of hydrogen-bond donors (Lipinski definition) is 0. The van der Waals surface area contributed by atoms with Crippen LogP contribution in [-0.4, -0.2) is 39.2 Å². The number of ether oxygens (including phenoxy) is 1. The monoisotopic (exact) mass is 400 g/mol. The van der Waals surface area contributed by atoms with Crippen molar-refractivity contribution < 1.29 is 9.53 Å². The first kappa shape index (κ1) is 15.7. The third-order valence-corrected chi connectivity index (χ3v) is 3.88. The zero-order valence-corrected chi connectivity index (χ0v) is 14.4. The fourth-order valence-corrected chi connectivity index (χ4v) is 2.03. The van der Waals surface area contributed by atoms with Crippen LogP contribution < -0.4 is 4.74 Å². The molecule has 0 radical (unpaired) electrons. The Morgan fingerprint density at radius 2 is 2.00 bits per heavy atom. The third-order valence-electron chi connectivity index (χ3n) is 3.16. The van der Waals surface area contributed by atoms with Gasteiger partial charge in [-0.25, -0.2) is 0 Å². The van der Waals surface area contributed by atoms with Crippen molar-refractivity contribution in [2.75, 3.05) is 13.7 Å². The molecule has 112 valence electrons. The standard InChI is InChI=1S/C14H17IN4O2/c1-10-16-17-13(19(10)3)8-18(2)14(20)9-21-12-6-4-11(15)5-7-12/h4-7H,8-9H2,1-3H3. The van der Waals surface area contributed by atoms with E-state index in [4.69, 9.17) is 4.74 Å². The number of halogens is 1. The highest BCUT2D eigenvalue weighted by atomic mass is 127. The number of amides is 1. The molecule has 0 atom stereocenters. The van der Waals surface area contributed by atoms with E-state index in [1.54, 1.807) is 11.9 Å². The van der Waals surface area contributed by atoms with Gasteiger partial charge in [0.2, 0.25) is 0 Å². The first-order chi connectivity index (χ1) is 9.97. The van der Waals surface area contributed by atoms with Gasteiger partial charge in [-0.1, -0.05) is 0 Å². The van der Waals surface area contributed by atoms with Crippen LogP contribution in [0.1, 0.15) is 11.6 Å². The SMILES string of the molecule is Cc1nnc(CN(C)C(=O)COc2ccc(I)cc2)n1C. The van der Waals surface area contributed by atoms with E-state index in [0.717, 1.165) is 15.2 Å². The van der Waals surface area contributed by atoms with Gasteiger partial charge in [-0.15, -0.1) is 10.2 Å². The largest absolute Gasteiger partial charge is 0.484 e. The summed E-state index contributed by atoms with van der Waals surface area (Å²) in [6.07, 6.45) is 0. The summed E-state index contributed by atoms with van der Waals surface area (Å²) in [6.45, 7) is 2.29. The fourth-order valence-electron chi connectivity index (χ4n) is 1.68. The van der Waals surface area contributed by atoms with E-state index in [2.05, 4.69) is 32.8 Å². The van der Waals surface area contributed by atoms with E-state index < -0.39 is 0 Å². The number of carbonyl (C=O) groups is 1. The molecular weight excluding hydrogens is 383 g/mol. The Hall–Kier alpha value is -1.64. The Morgan fingerprint density at radius 3 is 2.57 bits per heavy atom. The van der Waals surface area contributed by atoms with Gasteiger partial charge in [0, 0.05) is 17.7 Å². The molecular formula is C14H17IN4O2. The van der Waals surface area contributed by atoms with Gasteiger partial charge in [-0.3, -0.25) is 4.79 Å². The number of benzene rings is 1. The van der Waals surface area contributed by atoms with Gasteiger partial charge in [-0.2, -0.15) is 0 Å². The van der Waals surface area contributed by atoms with Crippen LogP contribution in [-0.2, 0) is 18.4 Å². The lowest BCUT2D eigenvalue weighted by atomic mass is 10.3. The van der Waals surface area contributed by atoms with Crippen molar-refractivity contribution in [3.8, 4) is 5.75 Å². The molecule has 0 bridgehead atoms. The predicted molar refractivity (Wildman–Crippen MR) is 86.9 cm³/mol. The molecule has 0 aliphatic rings. The highest BCUT2D eigenvalue weighted by Crippen LogP contribution is 2.13. The lowest BCUT2D eigenvalue weighted by Gasteiger charge is -2.17. The Kier molecular flexibility index (Phi) is 5.16. The summed E-state index contributed by atoms with van der Waals surface area (Å²) in [5.74, 6) is 2.15. The van der Waals surface area contributed by atoms with E-state index in [-0.39, 0.29) is 12.5 Å². The van der Waals surface area contributed by atoms with Crippen LogP contribution in [0.3, 0.4) is 0 Å². The molecule has 0 fully saturated rings. The van der Waals surface area contributed by atoms with E-state index >= 15 is 0 Å². The maximum absolute atomic E-state index is 12.0. The smallest absolute Gasteiger partial charge is 0.260 e. The predicted octanol–water partition coefficient (Wildman–Crippen LogP) is 1.77. The van der Waals surface area contributed by atoms with E-state index in [1.807, 2.05) is 42.8 Å². The van der Waals surface area contributed by atoms with Crippen molar-refractivity contribution in [2.24, 2.45) is 7.05 Å². The van der Waals surface area contributed by atoms with Crippen molar-refractivity contribution in [1.82, 2.24) is 19.7 Å². The van der Waals surface area contributed by atoms with E-state index in [9.17, 15) is 4.79 Å². The molecule has 0 aliphatic carbocycles. The molecule has 1 amide bonds. The molecule has 0 unspecified atom stereocenters. The molecule has 6 nitrogen and oxygen atoms in total. The zero-order valence-electron chi connectivity index (χ0n) is 12.2. The van der Waals surface area contributed by atoms with Gasteiger partial charge >= 0.3 is 0 Å². The second-order valence-electron chi connectivity index (χ2n) is 4.71. The van der Waals surface area contributed by atoms with Gasteiger partial charge in [0.05, 0.1) is 6.54 Å². The normalized spacial score (nSPS) is 10.5. The minimum atomic E-state index is -0.103. The summed E-state index contributed by atoms with van der Waals surface area (Å²) in [5, 5.41) is 8.02. The first-order valence-corrected chi connectivity index (χ1v) is 7.52. The number of aromatic nitrogens is 3. The maximum Gasteiger partial charge on any atom is 0.260 e. The Balaban J connectivity index is 1.88. The summed E-state index contributed by atoms with van der Waals surface area (Å²) >= 11 is 2.22. The minimum absolute atomic E-state index is 0.00786. The van der Waals surface area contributed by atoms with Crippen LogP contribution in [0, 0.1) is 10.5 Å². The van der Waals surface area contributed by atoms with Crippen LogP contribution in [0.25, 0.3) is 0 Å². The quantitative estimate of drug-likeness (QED) is 0.718. The van der Waals surface area contributed by atoms with Crippen LogP contribution in [0.4, 0.5) is 0 Å². The molecule has 0 spiro atoms. The van der Waals surface area contributed by atoms with Crippen molar-refractivity contribution in [3.05, 3.63) is 39.5 Å². The molecule has 7 heteroatoms. The molecule has 0 saturated carbocycles. The Morgan fingerprint density at radius 1 is 1.33 bits per heavy atom.